The average Bonchev–Trinajstić information content (AvgIpc) is 2.40. The van der Waals surface area contributed by atoms with Crippen LogP contribution in [0.25, 0.3) is 0 Å². The number of benzene rings is 2. The first-order valence-electron chi connectivity index (χ1n) is 5.98. The molecule has 2 rings (SSSR count). The summed E-state index contributed by atoms with van der Waals surface area (Å²) < 4.78 is 31.7. The first-order chi connectivity index (χ1) is 9.86. The maximum Gasteiger partial charge on any atom is 0.296 e. The average molecular weight is 305 g/mol. The van der Waals surface area contributed by atoms with Crippen LogP contribution < -0.4 is 10.6 Å². The van der Waals surface area contributed by atoms with Gasteiger partial charge in [0, 0.05) is 18.3 Å². The summed E-state index contributed by atoms with van der Waals surface area (Å²) in [7, 11) is -4.33. The van der Waals surface area contributed by atoms with E-state index in [0.29, 0.717) is 11.4 Å². The van der Waals surface area contributed by atoms with Crippen molar-refractivity contribution in [3.05, 3.63) is 48.5 Å². The molecule has 3 N–H and O–H groups in total. The van der Waals surface area contributed by atoms with Gasteiger partial charge in [0.05, 0.1) is 5.69 Å². The predicted octanol–water partition coefficient (Wildman–Crippen LogP) is 2.44. The van der Waals surface area contributed by atoms with Gasteiger partial charge in [-0.2, -0.15) is 8.42 Å². The molecular formula is C14H13N2O4S. The number of carbonyl (C=O) groups excluding carboxylic acids is 1. The summed E-state index contributed by atoms with van der Waals surface area (Å²) >= 11 is 0. The molecule has 109 valence electrons. The molecule has 6 nitrogen and oxygen atoms in total. The van der Waals surface area contributed by atoms with Crippen molar-refractivity contribution >= 4 is 33.1 Å². The van der Waals surface area contributed by atoms with E-state index in [1.807, 2.05) is 0 Å². The first kappa shape index (κ1) is 15.0. The standard InChI is InChI=1S/C14H13N2O4S/c1-10(17)15-11-6-8-12(9-7-11)16-13-4-2-3-5-14(13)21(18,19)20/h2,4-9,16H,1H3,(H,15,17)(H,18,19,20). The smallest absolute Gasteiger partial charge is 0.296 e. The molecule has 0 heterocycles. The lowest BCUT2D eigenvalue weighted by Crippen LogP contribution is -2.06. The molecule has 7 heteroatoms. The van der Waals surface area contributed by atoms with Gasteiger partial charge in [-0.05, 0) is 42.5 Å². The molecule has 0 unspecified atom stereocenters. The largest absolute Gasteiger partial charge is 0.354 e. The molecule has 0 bridgehead atoms. The van der Waals surface area contributed by atoms with Gasteiger partial charge in [0.2, 0.25) is 5.91 Å². The summed E-state index contributed by atoms with van der Waals surface area (Å²) in [6, 6.07) is 13.5. The van der Waals surface area contributed by atoms with Crippen LogP contribution in [0.1, 0.15) is 6.92 Å². The molecule has 1 radical (unpaired) electrons. The van der Waals surface area contributed by atoms with Crippen molar-refractivity contribution in [3.8, 4) is 0 Å². The van der Waals surface area contributed by atoms with Crippen LogP contribution in [0, 0.1) is 6.07 Å². The lowest BCUT2D eigenvalue weighted by Gasteiger charge is -2.10. The Balaban J connectivity index is 2.25. The van der Waals surface area contributed by atoms with Crippen LogP contribution >= 0.6 is 0 Å². The van der Waals surface area contributed by atoms with Gasteiger partial charge < -0.3 is 10.6 Å². The number of amides is 1. The zero-order chi connectivity index (χ0) is 15.5. The molecule has 0 aliphatic carbocycles. The van der Waals surface area contributed by atoms with E-state index < -0.39 is 10.1 Å². The normalized spacial score (nSPS) is 11.0. The summed E-state index contributed by atoms with van der Waals surface area (Å²) in [5, 5.41) is 5.51. The second-order valence-electron chi connectivity index (χ2n) is 4.28. The Kier molecular flexibility index (Phi) is 4.25. The van der Waals surface area contributed by atoms with Crippen molar-refractivity contribution in [1.82, 2.24) is 0 Å². The zero-order valence-corrected chi connectivity index (χ0v) is 11.9. The van der Waals surface area contributed by atoms with Crippen LogP contribution in [0.15, 0.2) is 47.4 Å². The van der Waals surface area contributed by atoms with Crippen LogP contribution in [0.3, 0.4) is 0 Å². The van der Waals surface area contributed by atoms with Crippen molar-refractivity contribution in [3.63, 3.8) is 0 Å². The van der Waals surface area contributed by atoms with Crippen LogP contribution in [0.2, 0.25) is 0 Å². The molecular weight excluding hydrogens is 292 g/mol. The minimum atomic E-state index is -4.33. The van der Waals surface area contributed by atoms with Gasteiger partial charge in [-0.3, -0.25) is 9.35 Å². The number of nitrogens with one attached hydrogen (secondary N) is 2. The number of carbonyl (C=O) groups is 1. The number of rotatable bonds is 4. The van der Waals surface area contributed by atoms with Crippen LogP contribution in [-0.4, -0.2) is 18.9 Å². The SMILES string of the molecule is CC(=O)Nc1ccc(Nc2cc[c]cc2S(=O)(=O)O)cc1. The lowest BCUT2D eigenvalue weighted by atomic mass is 10.2. The number of hydrogen-bond donors (Lipinski definition) is 3. The highest BCUT2D eigenvalue weighted by molar-refractivity contribution is 7.86. The second kappa shape index (κ2) is 5.94. The molecule has 0 aliphatic heterocycles. The van der Waals surface area contributed by atoms with Crippen LogP contribution in [0.5, 0.6) is 0 Å². The van der Waals surface area contributed by atoms with E-state index >= 15 is 0 Å². The van der Waals surface area contributed by atoms with Gasteiger partial charge >= 0.3 is 0 Å². The van der Waals surface area contributed by atoms with E-state index in [1.54, 1.807) is 24.3 Å². The van der Waals surface area contributed by atoms with Gasteiger partial charge in [-0.1, -0.05) is 6.07 Å². The van der Waals surface area contributed by atoms with Crippen molar-refractivity contribution in [2.75, 3.05) is 10.6 Å². The molecule has 0 atom stereocenters. The van der Waals surface area contributed by atoms with E-state index in [0.717, 1.165) is 0 Å². The van der Waals surface area contributed by atoms with E-state index in [2.05, 4.69) is 16.7 Å². The van der Waals surface area contributed by atoms with Gasteiger partial charge in [-0.25, -0.2) is 0 Å². The lowest BCUT2D eigenvalue weighted by molar-refractivity contribution is -0.114. The molecule has 2 aromatic rings. The minimum absolute atomic E-state index is 0.178. The maximum atomic E-state index is 11.3. The number of hydrogen-bond acceptors (Lipinski definition) is 4. The maximum absolute atomic E-state index is 11.3. The van der Waals surface area contributed by atoms with Crippen molar-refractivity contribution in [1.29, 1.82) is 0 Å². The van der Waals surface area contributed by atoms with E-state index in [4.69, 9.17) is 4.55 Å². The third-order valence-corrected chi connectivity index (χ3v) is 3.48. The topological polar surface area (TPSA) is 95.5 Å². The summed E-state index contributed by atoms with van der Waals surface area (Å²) in [4.78, 5) is 10.7. The Labute approximate surface area is 122 Å². The van der Waals surface area contributed by atoms with Crippen LogP contribution in [0.4, 0.5) is 17.1 Å². The summed E-state index contributed by atoms with van der Waals surface area (Å²) in [6.07, 6.45) is 0. The highest BCUT2D eigenvalue weighted by atomic mass is 32.2. The van der Waals surface area contributed by atoms with Crippen molar-refractivity contribution in [2.45, 2.75) is 11.8 Å². The first-order valence-corrected chi connectivity index (χ1v) is 7.42. The minimum Gasteiger partial charge on any atom is -0.354 e. The Morgan fingerprint density at radius 3 is 2.33 bits per heavy atom. The molecule has 0 aliphatic rings. The predicted molar refractivity (Wildman–Crippen MR) is 79.1 cm³/mol. The summed E-state index contributed by atoms with van der Waals surface area (Å²) in [5.74, 6) is -0.178. The third-order valence-electron chi connectivity index (χ3n) is 2.59. The van der Waals surface area contributed by atoms with Gasteiger partial charge in [0.15, 0.2) is 0 Å². The second-order valence-corrected chi connectivity index (χ2v) is 5.67. The Morgan fingerprint density at radius 2 is 1.76 bits per heavy atom. The van der Waals surface area contributed by atoms with Crippen LogP contribution in [-0.2, 0) is 14.9 Å². The van der Waals surface area contributed by atoms with E-state index in [-0.39, 0.29) is 16.5 Å². The van der Waals surface area contributed by atoms with E-state index in [9.17, 15) is 13.2 Å². The molecule has 0 saturated heterocycles. The fourth-order valence-electron chi connectivity index (χ4n) is 1.73. The summed E-state index contributed by atoms with van der Waals surface area (Å²) in [6.45, 7) is 1.41. The highest BCUT2D eigenvalue weighted by Crippen LogP contribution is 2.25. The number of anilines is 3. The molecule has 0 aromatic heterocycles. The monoisotopic (exact) mass is 305 g/mol. The fourth-order valence-corrected chi connectivity index (χ4v) is 2.34. The molecule has 21 heavy (non-hydrogen) atoms. The van der Waals surface area contributed by atoms with Gasteiger partial charge in [0.1, 0.15) is 4.90 Å². The Morgan fingerprint density at radius 1 is 1.14 bits per heavy atom. The third kappa shape index (κ3) is 4.04. The Bertz CT molecular complexity index is 755. The quantitative estimate of drug-likeness (QED) is 0.754. The van der Waals surface area contributed by atoms with Crippen molar-refractivity contribution in [2.24, 2.45) is 0 Å². The van der Waals surface area contributed by atoms with Gasteiger partial charge in [-0.15, -0.1) is 0 Å². The highest BCUT2D eigenvalue weighted by Gasteiger charge is 2.14. The molecule has 0 saturated carbocycles. The molecule has 0 spiro atoms. The Hall–Kier alpha value is -2.38. The zero-order valence-electron chi connectivity index (χ0n) is 11.1. The molecule has 2 aromatic carbocycles. The molecule has 0 fully saturated rings. The molecule has 1 amide bonds. The van der Waals surface area contributed by atoms with E-state index in [1.165, 1.54) is 25.1 Å². The fraction of sp³-hybridized carbons (Fsp3) is 0.0714. The van der Waals surface area contributed by atoms with Gasteiger partial charge in [0.25, 0.3) is 10.1 Å². The van der Waals surface area contributed by atoms with Crippen molar-refractivity contribution < 1.29 is 17.8 Å². The summed E-state index contributed by atoms with van der Waals surface area (Å²) in [5.41, 5.74) is 1.48.